The molecule has 0 bridgehead atoms. The van der Waals surface area contributed by atoms with Crippen LogP contribution in [-0.4, -0.2) is 28.6 Å². The van der Waals surface area contributed by atoms with Gasteiger partial charge in [-0.25, -0.2) is 0 Å². The van der Waals surface area contributed by atoms with Crippen LogP contribution in [0.25, 0.3) is 0 Å². The molecule has 1 aliphatic heterocycles. The standard InChI is InChI=1S/C14H19ClN2S2/c1-14(2)5-6-17(7-8-19-14)10-3-4-11(13(16)18)12(15)9-10/h3-4,9H,5-8H2,1-2H3,(H2,16,18). The zero-order valence-electron chi connectivity index (χ0n) is 11.3. The number of anilines is 1. The third kappa shape index (κ3) is 3.77. The van der Waals surface area contributed by atoms with Crippen LogP contribution in [0.4, 0.5) is 5.69 Å². The molecule has 1 aromatic carbocycles. The van der Waals surface area contributed by atoms with Gasteiger partial charge in [0.1, 0.15) is 4.99 Å². The van der Waals surface area contributed by atoms with Crippen LogP contribution in [0.15, 0.2) is 18.2 Å². The Morgan fingerprint density at radius 1 is 1.42 bits per heavy atom. The van der Waals surface area contributed by atoms with Crippen LogP contribution in [0.2, 0.25) is 5.02 Å². The third-order valence-electron chi connectivity index (χ3n) is 3.42. The first kappa shape index (κ1) is 14.9. The average molecular weight is 315 g/mol. The van der Waals surface area contributed by atoms with Crippen LogP contribution >= 0.6 is 35.6 Å². The molecule has 1 saturated heterocycles. The van der Waals surface area contributed by atoms with E-state index in [1.165, 1.54) is 6.42 Å². The van der Waals surface area contributed by atoms with E-state index in [9.17, 15) is 0 Å². The number of thiocarbonyl (C=S) groups is 1. The summed E-state index contributed by atoms with van der Waals surface area (Å²) in [6.07, 6.45) is 1.17. The first-order valence-corrected chi connectivity index (χ1v) is 8.14. The Morgan fingerprint density at radius 2 is 2.16 bits per heavy atom. The largest absolute Gasteiger partial charge is 0.389 e. The number of benzene rings is 1. The molecule has 1 fully saturated rings. The van der Waals surface area contributed by atoms with Crippen molar-refractivity contribution in [3.63, 3.8) is 0 Å². The lowest BCUT2D eigenvalue weighted by atomic mass is 10.1. The van der Waals surface area contributed by atoms with E-state index in [1.807, 2.05) is 23.9 Å². The van der Waals surface area contributed by atoms with E-state index in [2.05, 4.69) is 24.8 Å². The molecule has 1 aliphatic rings. The highest BCUT2D eigenvalue weighted by molar-refractivity contribution is 8.00. The molecule has 1 aromatic rings. The molecule has 5 heteroatoms. The van der Waals surface area contributed by atoms with E-state index in [0.29, 0.717) is 14.8 Å². The van der Waals surface area contributed by atoms with Crippen molar-refractivity contribution in [2.45, 2.75) is 25.0 Å². The van der Waals surface area contributed by atoms with Crippen molar-refractivity contribution in [1.29, 1.82) is 0 Å². The predicted octanol–water partition coefficient (Wildman–Crippen LogP) is 3.70. The Labute approximate surface area is 129 Å². The SMILES string of the molecule is CC1(C)CCN(c2ccc(C(N)=S)c(Cl)c2)CCS1. The van der Waals surface area contributed by atoms with Crippen molar-refractivity contribution in [3.05, 3.63) is 28.8 Å². The normalized spacial score (nSPS) is 19.0. The van der Waals surface area contributed by atoms with Crippen LogP contribution in [0.1, 0.15) is 25.8 Å². The number of hydrogen-bond donors (Lipinski definition) is 1. The molecule has 2 N–H and O–H groups in total. The van der Waals surface area contributed by atoms with Crippen molar-refractivity contribution in [2.75, 3.05) is 23.7 Å². The Morgan fingerprint density at radius 3 is 2.79 bits per heavy atom. The molecule has 2 nitrogen and oxygen atoms in total. The van der Waals surface area contributed by atoms with Crippen molar-refractivity contribution in [2.24, 2.45) is 5.73 Å². The van der Waals surface area contributed by atoms with Crippen LogP contribution < -0.4 is 10.6 Å². The minimum absolute atomic E-state index is 0.351. The summed E-state index contributed by atoms with van der Waals surface area (Å²) in [5.41, 5.74) is 7.54. The van der Waals surface area contributed by atoms with E-state index < -0.39 is 0 Å². The Hall–Kier alpha value is -0.450. The third-order valence-corrected chi connectivity index (χ3v) is 5.33. The quantitative estimate of drug-likeness (QED) is 0.843. The highest BCUT2D eigenvalue weighted by Crippen LogP contribution is 2.33. The van der Waals surface area contributed by atoms with Gasteiger partial charge in [-0.2, -0.15) is 11.8 Å². The fourth-order valence-electron chi connectivity index (χ4n) is 2.18. The fraction of sp³-hybridized carbons (Fsp3) is 0.500. The second-order valence-electron chi connectivity index (χ2n) is 5.37. The molecule has 1 heterocycles. The number of halogens is 1. The summed E-state index contributed by atoms with van der Waals surface area (Å²) in [7, 11) is 0. The molecule has 0 radical (unpaired) electrons. The second kappa shape index (κ2) is 5.90. The number of hydrogen-bond acceptors (Lipinski definition) is 3. The van der Waals surface area contributed by atoms with Gasteiger partial charge in [0.15, 0.2) is 0 Å². The number of rotatable bonds is 2. The Kier molecular flexibility index (Phi) is 4.64. The second-order valence-corrected chi connectivity index (χ2v) is 8.02. The maximum absolute atomic E-state index is 6.24. The van der Waals surface area contributed by atoms with Crippen molar-refractivity contribution in [1.82, 2.24) is 0 Å². The lowest BCUT2D eigenvalue weighted by molar-refractivity contribution is 0.638. The fourth-order valence-corrected chi connectivity index (χ4v) is 3.79. The molecule has 0 aromatic heterocycles. The summed E-state index contributed by atoms with van der Waals surface area (Å²) in [5.74, 6) is 1.14. The van der Waals surface area contributed by atoms with E-state index in [-0.39, 0.29) is 0 Å². The number of nitrogens with zero attached hydrogens (tertiary/aromatic N) is 1. The molecule has 104 valence electrons. The smallest absolute Gasteiger partial charge is 0.105 e. The summed E-state index contributed by atoms with van der Waals surface area (Å²) in [4.78, 5) is 2.74. The highest BCUT2D eigenvalue weighted by Gasteiger charge is 2.24. The van der Waals surface area contributed by atoms with Gasteiger partial charge in [0.2, 0.25) is 0 Å². The molecule has 0 unspecified atom stereocenters. The maximum Gasteiger partial charge on any atom is 0.105 e. The zero-order valence-corrected chi connectivity index (χ0v) is 13.7. The minimum atomic E-state index is 0.351. The topological polar surface area (TPSA) is 29.3 Å². The van der Waals surface area contributed by atoms with Gasteiger partial charge in [-0.3, -0.25) is 0 Å². The number of thioether (sulfide) groups is 1. The lowest BCUT2D eigenvalue weighted by Crippen LogP contribution is -2.27. The Bertz CT molecular complexity index is 488. The first-order chi connectivity index (χ1) is 8.89. The van der Waals surface area contributed by atoms with Gasteiger partial charge in [-0.1, -0.05) is 37.7 Å². The van der Waals surface area contributed by atoms with E-state index in [4.69, 9.17) is 29.6 Å². The molecule has 0 saturated carbocycles. The molecule has 0 spiro atoms. The van der Waals surface area contributed by atoms with Gasteiger partial charge in [0.25, 0.3) is 0 Å². The lowest BCUT2D eigenvalue weighted by Gasteiger charge is -2.24. The van der Waals surface area contributed by atoms with Crippen molar-refractivity contribution >= 4 is 46.3 Å². The maximum atomic E-state index is 6.24. The van der Waals surface area contributed by atoms with Crippen molar-refractivity contribution in [3.8, 4) is 0 Å². The zero-order chi connectivity index (χ0) is 14.0. The summed E-state index contributed by atoms with van der Waals surface area (Å²) in [6.45, 7) is 6.73. The molecule has 0 atom stereocenters. The molecule has 19 heavy (non-hydrogen) atoms. The summed E-state index contributed by atoms with van der Waals surface area (Å²) in [5, 5.41) is 0.640. The molecule has 0 amide bonds. The van der Waals surface area contributed by atoms with E-state index >= 15 is 0 Å². The van der Waals surface area contributed by atoms with Gasteiger partial charge < -0.3 is 10.6 Å². The van der Waals surface area contributed by atoms with Crippen LogP contribution in [0.5, 0.6) is 0 Å². The van der Waals surface area contributed by atoms with Gasteiger partial charge in [-0.15, -0.1) is 0 Å². The summed E-state index contributed by atoms with van der Waals surface area (Å²) < 4.78 is 0.358. The van der Waals surface area contributed by atoms with Crippen LogP contribution in [-0.2, 0) is 0 Å². The van der Waals surface area contributed by atoms with Crippen LogP contribution in [0.3, 0.4) is 0 Å². The minimum Gasteiger partial charge on any atom is -0.389 e. The molecule has 2 rings (SSSR count). The monoisotopic (exact) mass is 314 g/mol. The van der Waals surface area contributed by atoms with E-state index in [0.717, 1.165) is 30.1 Å². The van der Waals surface area contributed by atoms with Crippen molar-refractivity contribution < 1.29 is 0 Å². The van der Waals surface area contributed by atoms with Gasteiger partial charge >= 0.3 is 0 Å². The first-order valence-electron chi connectivity index (χ1n) is 6.37. The molecular weight excluding hydrogens is 296 g/mol. The van der Waals surface area contributed by atoms with Gasteiger partial charge in [-0.05, 0) is 24.6 Å². The average Bonchev–Trinajstić information content (AvgIpc) is 2.49. The summed E-state index contributed by atoms with van der Waals surface area (Å²) in [6, 6.07) is 5.95. The van der Waals surface area contributed by atoms with E-state index in [1.54, 1.807) is 0 Å². The van der Waals surface area contributed by atoms with Gasteiger partial charge in [0.05, 0.1) is 5.02 Å². The molecular formula is C14H19ClN2S2. The predicted molar refractivity (Wildman–Crippen MR) is 90.7 cm³/mol. The van der Waals surface area contributed by atoms with Crippen LogP contribution in [0, 0.1) is 0 Å². The Balaban J connectivity index is 2.18. The molecule has 0 aliphatic carbocycles. The summed E-state index contributed by atoms with van der Waals surface area (Å²) >= 11 is 13.3. The van der Waals surface area contributed by atoms with Gasteiger partial charge in [0, 0.05) is 34.8 Å². The highest BCUT2D eigenvalue weighted by atomic mass is 35.5. The number of nitrogens with two attached hydrogens (primary N) is 1.